The molecule has 1 N–H and O–H groups in total. The fourth-order valence-electron chi connectivity index (χ4n) is 0.893. The van der Waals surface area contributed by atoms with E-state index in [0.717, 1.165) is 0 Å². The number of halogens is 2. The van der Waals surface area contributed by atoms with Crippen LogP contribution in [0.4, 0.5) is 0 Å². The first kappa shape index (κ1) is 11.8. The lowest BCUT2D eigenvalue weighted by molar-refractivity contribution is 0.0950. The lowest BCUT2D eigenvalue weighted by atomic mass is 10.3. The number of nitrogens with zero attached hydrogens (tertiary/aromatic N) is 2. The van der Waals surface area contributed by atoms with E-state index in [1.54, 1.807) is 0 Å². The van der Waals surface area contributed by atoms with Crippen molar-refractivity contribution in [1.29, 1.82) is 5.26 Å². The summed E-state index contributed by atoms with van der Waals surface area (Å²) in [4.78, 5) is 15.3. The van der Waals surface area contributed by atoms with Gasteiger partial charge in [0.25, 0.3) is 5.91 Å². The Morgan fingerprint density at radius 1 is 1.53 bits per heavy atom. The van der Waals surface area contributed by atoms with Crippen molar-refractivity contribution in [3.63, 3.8) is 0 Å². The third-order valence-corrected chi connectivity index (χ3v) is 2.06. The normalized spacial score (nSPS) is 9.40. The first-order valence-electron chi connectivity index (χ1n) is 4.12. The summed E-state index contributed by atoms with van der Waals surface area (Å²) in [6, 6.07) is 4.90. The van der Waals surface area contributed by atoms with E-state index in [4.69, 9.17) is 28.5 Å². The third kappa shape index (κ3) is 3.39. The molecule has 1 aromatic heterocycles. The number of pyridine rings is 1. The maximum absolute atomic E-state index is 11.5. The van der Waals surface area contributed by atoms with Crippen LogP contribution in [0.3, 0.4) is 0 Å². The highest BCUT2D eigenvalue weighted by Crippen LogP contribution is 2.16. The Morgan fingerprint density at radius 2 is 2.27 bits per heavy atom. The van der Waals surface area contributed by atoms with E-state index >= 15 is 0 Å². The summed E-state index contributed by atoms with van der Waals surface area (Å²) in [5.41, 5.74) is 0.0714. The molecule has 0 atom stereocenters. The average molecular weight is 244 g/mol. The molecule has 0 aliphatic rings. The van der Waals surface area contributed by atoms with Gasteiger partial charge in [0.1, 0.15) is 10.8 Å². The molecule has 0 aliphatic carbocycles. The van der Waals surface area contributed by atoms with E-state index in [2.05, 4.69) is 10.3 Å². The van der Waals surface area contributed by atoms with Crippen molar-refractivity contribution in [3.05, 3.63) is 28.0 Å². The predicted octanol–water partition coefficient (Wildman–Crippen LogP) is 2.03. The fraction of sp³-hybridized carbons (Fsp3) is 0.222. The minimum atomic E-state index is -0.433. The lowest BCUT2D eigenvalue weighted by Crippen LogP contribution is -2.25. The topological polar surface area (TPSA) is 65.8 Å². The smallest absolute Gasteiger partial charge is 0.271 e. The Labute approximate surface area is 96.8 Å². The molecule has 6 heteroatoms. The molecule has 78 valence electrons. The molecule has 0 saturated heterocycles. The van der Waals surface area contributed by atoms with Gasteiger partial charge in [-0.3, -0.25) is 4.79 Å². The molecule has 0 bridgehead atoms. The van der Waals surface area contributed by atoms with Crippen molar-refractivity contribution in [1.82, 2.24) is 10.3 Å². The Kier molecular flexibility index (Phi) is 4.35. The number of amides is 1. The van der Waals surface area contributed by atoms with E-state index in [0.29, 0.717) is 0 Å². The average Bonchev–Trinajstić information content (AvgIpc) is 2.22. The van der Waals surface area contributed by atoms with Crippen LogP contribution in [-0.4, -0.2) is 17.4 Å². The van der Waals surface area contributed by atoms with Crippen LogP contribution in [0.15, 0.2) is 12.1 Å². The Bertz CT molecular complexity index is 414. The van der Waals surface area contributed by atoms with Gasteiger partial charge in [0.15, 0.2) is 0 Å². The van der Waals surface area contributed by atoms with Gasteiger partial charge >= 0.3 is 0 Å². The van der Waals surface area contributed by atoms with Gasteiger partial charge in [0, 0.05) is 6.54 Å². The van der Waals surface area contributed by atoms with Gasteiger partial charge in [0.05, 0.1) is 17.5 Å². The summed E-state index contributed by atoms with van der Waals surface area (Å²) >= 11 is 11.4. The number of aromatic nitrogens is 1. The van der Waals surface area contributed by atoms with E-state index in [9.17, 15) is 4.79 Å². The minimum absolute atomic E-state index is 0.0714. The van der Waals surface area contributed by atoms with Crippen LogP contribution in [0, 0.1) is 11.3 Å². The summed E-state index contributed by atoms with van der Waals surface area (Å²) in [6.45, 7) is 0.264. The van der Waals surface area contributed by atoms with Crippen molar-refractivity contribution in [2.24, 2.45) is 0 Å². The molecular formula is C9H7Cl2N3O. The van der Waals surface area contributed by atoms with E-state index in [1.807, 2.05) is 6.07 Å². The summed E-state index contributed by atoms with van der Waals surface area (Å²) in [7, 11) is 0. The highest BCUT2D eigenvalue weighted by atomic mass is 35.5. The first-order valence-corrected chi connectivity index (χ1v) is 4.88. The number of carbonyl (C=O) groups excluding carboxylic acids is 1. The molecule has 1 amide bonds. The fourth-order valence-corrected chi connectivity index (χ4v) is 1.23. The Hall–Kier alpha value is -1.31. The molecule has 0 aromatic carbocycles. The third-order valence-electron chi connectivity index (χ3n) is 1.55. The standard InChI is InChI=1S/C9H7Cl2N3O/c10-6-2-3-7(11)14-8(6)9(15)13-5-1-4-12/h2-3H,1,5H2,(H,13,15). The second-order valence-corrected chi connectivity index (χ2v) is 3.42. The van der Waals surface area contributed by atoms with Crippen molar-refractivity contribution in [2.75, 3.05) is 6.54 Å². The molecule has 1 heterocycles. The summed E-state index contributed by atoms with van der Waals surface area (Å²) < 4.78 is 0. The molecule has 0 fully saturated rings. The molecule has 1 rings (SSSR count). The maximum atomic E-state index is 11.5. The summed E-state index contributed by atoms with van der Waals surface area (Å²) in [5, 5.41) is 11.2. The molecule has 0 unspecified atom stereocenters. The number of rotatable bonds is 3. The second kappa shape index (κ2) is 5.54. The highest BCUT2D eigenvalue weighted by molar-refractivity contribution is 6.34. The lowest BCUT2D eigenvalue weighted by Gasteiger charge is -2.03. The van der Waals surface area contributed by atoms with Gasteiger partial charge < -0.3 is 5.32 Å². The zero-order chi connectivity index (χ0) is 11.3. The monoisotopic (exact) mass is 243 g/mol. The number of nitrogens with one attached hydrogen (secondary N) is 1. The molecule has 0 aliphatic heterocycles. The molecule has 4 nitrogen and oxygen atoms in total. The van der Waals surface area contributed by atoms with Crippen LogP contribution in [0.5, 0.6) is 0 Å². The van der Waals surface area contributed by atoms with Crippen molar-refractivity contribution < 1.29 is 4.79 Å². The van der Waals surface area contributed by atoms with Crippen LogP contribution < -0.4 is 5.32 Å². The van der Waals surface area contributed by atoms with E-state index < -0.39 is 5.91 Å². The van der Waals surface area contributed by atoms with Crippen LogP contribution in [-0.2, 0) is 0 Å². The first-order chi connectivity index (χ1) is 7.15. The Balaban J connectivity index is 2.73. The van der Waals surface area contributed by atoms with Gasteiger partial charge in [-0.1, -0.05) is 23.2 Å². The van der Waals surface area contributed by atoms with Crippen molar-refractivity contribution in [2.45, 2.75) is 6.42 Å². The largest absolute Gasteiger partial charge is 0.350 e. The van der Waals surface area contributed by atoms with Gasteiger partial charge in [-0.25, -0.2) is 4.98 Å². The van der Waals surface area contributed by atoms with Crippen molar-refractivity contribution >= 4 is 29.1 Å². The molecule has 0 radical (unpaired) electrons. The van der Waals surface area contributed by atoms with Gasteiger partial charge in [-0.15, -0.1) is 0 Å². The van der Waals surface area contributed by atoms with Gasteiger partial charge in [0.2, 0.25) is 0 Å². The Morgan fingerprint density at radius 3 is 2.93 bits per heavy atom. The van der Waals surface area contributed by atoms with Crippen LogP contribution in [0.1, 0.15) is 16.9 Å². The zero-order valence-corrected chi connectivity index (χ0v) is 9.14. The molecule has 1 aromatic rings. The molecule has 15 heavy (non-hydrogen) atoms. The maximum Gasteiger partial charge on any atom is 0.271 e. The summed E-state index contributed by atoms with van der Waals surface area (Å²) in [5.74, 6) is -0.433. The molecular weight excluding hydrogens is 237 g/mol. The second-order valence-electron chi connectivity index (χ2n) is 2.63. The number of hydrogen-bond donors (Lipinski definition) is 1. The van der Waals surface area contributed by atoms with Crippen LogP contribution >= 0.6 is 23.2 Å². The zero-order valence-electron chi connectivity index (χ0n) is 7.63. The van der Waals surface area contributed by atoms with Crippen LogP contribution in [0.2, 0.25) is 10.2 Å². The molecule has 0 spiro atoms. The molecule has 0 saturated carbocycles. The predicted molar refractivity (Wildman–Crippen MR) is 56.8 cm³/mol. The minimum Gasteiger partial charge on any atom is -0.350 e. The number of hydrogen-bond acceptors (Lipinski definition) is 3. The SMILES string of the molecule is N#CCCNC(=O)c1nc(Cl)ccc1Cl. The summed E-state index contributed by atoms with van der Waals surface area (Å²) in [6.07, 6.45) is 0.240. The van der Waals surface area contributed by atoms with E-state index in [-0.39, 0.29) is 28.8 Å². The van der Waals surface area contributed by atoms with Gasteiger partial charge in [-0.05, 0) is 12.1 Å². The van der Waals surface area contributed by atoms with Gasteiger partial charge in [-0.2, -0.15) is 5.26 Å². The number of carbonyl (C=O) groups is 1. The quantitative estimate of drug-likeness (QED) is 0.653. The van der Waals surface area contributed by atoms with Crippen molar-refractivity contribution in [3.8, 4) is 6.07 Å². The highest BCUT2D eigenvalue weighted by Gasteiger charge is 2.11. The number of nitriles is 1. The van der Waals surface area contributed by atoms with Crippen LogP contribution in [0.25, 0.3) is 0 Å². The van der Waals surface area contributed by atoms with E-state index in [1.165, 1.54) is 12.1 Å².